The van der Waals surface area contributed by atoms with Crippen LogP contribution in [0, 0.1) is 6.92 Å². The Bertz CT molecular complexity index is 272. The largest absolute Gasteiger partial charge is 0.311 e. The van der Waals surface area contributed by atoms with E-state index >= 15 is 0 Å². The Balaban J connectivity index is 0. The lowest BCUT2D eigenvalue weighted by Crippen LogP contribution is -2.07. The molecule has 1 aromatic heterocycles. The van der Waals surface area contributed by atoms with Crippen molar-refractivity contribution in [1.82, 2.24) is 4.98 Å². The number of hydrogen-bond donors (Lipinski definition) is 1. The second-order valence-corrected chi connectivity index (χ2v) is 2.40. The predicted molar refractivity (Wildman–Crippen MR) is 66.0 cm³/mol. The molecule has 3 heteroatoms. The van der Waals surface area contributed by atoms with Crippen LogP contribution < -0.4 is 5.32 Å². The molecule has 0 aliphatic heterocycles. The monoisotopic (exact) mass is 210 g/mol. The fourth-order valence-corrected chi connectivity index (χ4v) is 0.785. The van der Waals surface area contributed by atoms with Gasteiger partial charge in [-0.15, -0.1) is 0 Å². The lowest BCUT2D eigenvalue weighted by Gasteiger charge is -1.99. The first-order valence-corrected chi connectivity index (χ1v) is 5.39. The van der Waals surface area contributed by atoms with Crippen LogP contribution in [0.1, 0.15) is 40.2 Å². The summed E-state index contributed by atoms with van der Waals surface area (Å²) >= 11 is 0. The Labute approximate surface area is 92.9 Å². The van der Waals surface area contributed by atoms with E-state index in [2.05, 4.69) is 10.3 Å². The maximum absolute atomic E-state index is 10.6. The van der Waals surface area contributed by atoms with Crippen molar-refractivity contribution in [3.8, 4) is 0 Å². The molecule has 1 heterocycles. The molecule has 15 heavy (non-hydrogen) atoms. The van der Waals surface area contributed by atoms with Crippen LogP contribution in [0.4, 0.5) is 5.82 Å². The maximum Gasteiger partial charge on any atom is 0.222 e. The molecule has 1 rings (SSSR count). The third-order valence-electron chi connectivity index (χ3n) is 1.22. The Morgan fingerprint density at radius 3 is 2.20 bits per heavy atom. The molecule has 0 unspecified atom stereocenters. The number of amides is 1. The van der Waals surface area contributed by atoms with Crippen LogP contribution in [0.25, 0.3) is 0 Å². The quantitative estimate of drug-likeness (QED) is 0.772. The van der Waals surface area contributed by atoms with E-state index in [4.69, 9.17) is 0 Å². The van der Waals surface area contributed by atoms with Crippen molar-refractivity contribution < 1.29 is 4.79 Å². The van der Waals surface area contributed by atoms with Gasteiger partial charge in [0.15, 0.2) is 0 Å². The maximum atomic E-state index is 10.6. The minimum Gasteiger partial charge on any atom is -0.311 e. The molecule has 0 aliphatic carbocycles. The summed E-state index contributed by atoms with van der Waals surface area (Å²) in [6.07, 6.45) is 1.67. The third-order valence-corrected chi connectivity index (χ3v) is 1.22. The van der Waals surface area contributed by atoms with Gasteiger partial charge in [0.05, 0.1) is 0 Å². The molecule has 0 fully saturated rings. The number of nitrogens with zero attached hydrogens (tertiary/aromatic N) is 1. The van der Waals surface area contributed by atoms with Crippen LogP contribution in [-0.2, 0) is 4.79 Å². The third kappa shape index (κ3) is 8.94. The zero-order valence-electron chi connectivity index (χ0n) is 10.6. The fourth-order valence-electron chi connectivity index (χ4n) is 0.785. The Kier molecular flexibility index (Phi) is 11.5. The first-order valence-electron chi connectivity index (χ1n) is 5.39. The van der Waals surface area contributed by atoms with Crippen molar-refractivity contribution >= 4 is 11.7 Å². The number of pyridine rings is 1. The highest BCUT2D eigenvalue weighted by atomic mass is 16.1. The molecule has 0 saturated heterocycles. The normalized spacial score (nSPS) is 7.60. The smallest absolute Gasteiger partial charge is 0.222 e. The molecule has 0 aromatic carbocycles. The highest BCUT2D eigenvalue weighted by molar-refractivity contribution is 5.87. The molecule has 0 spiro atoms. The molecule has 0 atom stereocenters. The van der Waals surface area contributed by atoms with Crippen LogP contribution in [0.2, 0.25) is 0 Å². The van der Waals surface area contributed by atoms with Crippen molar-refractivity contribution in [2.45, 2.75) is 41.5 Å². The number of aromatic nitrogens is 1. The van der Waals surface area contributed by atoms with E-state index in [0.717, 1.165) is 5.56 Å². The van der Waals surface area contributed by atoms with Crippen LogP contribution in [0.15, 0.2) is 18.3 Å². The number of nitrogens with one attached hydrogen (secondary N) is 1. The van der Waals surface area contributed by atoms with Gasteiger partial charge in [-0.2, -0.15) is 0 Å². The number of carbonyl (C=O) groups excluding carboxylic acids is 1. The van der Waals surface area contributed by atoms with Crippen LogP contribution >= 0.6 is 0 Å². The standard InChI is InChI=1S/C8H10N2O.2C2H6/c1-6-3-4-9-8(5-6)10-7(2)11;2*1-2/h3-5H,1-2H3,(H,9,10,11);2*1-2H3. The summed E-state index contributed by atoms with van der Waals surface area (Å²) in [5, 5.41) is 2.60. The van der Waals surface area contributed by atoms with Gasteiger partial charge < -0.3 is 5.32 Å². The van der Waals surface area contributed by atoms with E-state index in [1.165, 1.54) is 6.92 Å². The molecule has 1 amide bonds. The summed E-state index contributed by atoms with van der Waals surface area (Å²) < 4.78 is 0. The fraction of sp³-hybridized carbons (Fsp3) is 0.500. The average Bonchev–Trinajstić information content (AvgIpc) is 2.23. The lowest BCUT2D eigenvalue weighted by atomic mass is 10.3. The van der Waals surface area contributed by atoms with Crippen molar-refractivity contribution in [3.63, 3.8) is 0 Å². The van der Waals surface area contributed by atoms with Gasteiger partial charge in [0.1, 0.15) is 5.82 Å². The van der Waals surface area contributed by atoms with Gasteiger partial charge in [-0.25, -0.2) is 4.98 Å². The summed E-state index contributed by atoms with van der Waals surface area (Å²) in [5.74, 6) is 0.514. The second-order valence-electron chi connectivity index (χ2n) is 2.40. The van der Waals surface area contributed by atoms with Gasteiger partial charge >= 0.3 is 0 Å². The van der Waals surface area contributed by atoms with E-state index in [0.29, 0.717) is 5.82 Å². The number of carbonyl (C=O) groups is 1. The second kappa shape index (κ2) is 10.7. The summed E-state index contributed by atoms with van der Waals surface area (Å²) in [6.45, 7) is 11.4. The lowest BCUT2D eigenvalue weighted by molar-refractivity contribution is -0.114. The molecule has 0 bridgehead atoms. The number of anilines is 1. The molecule has 0 aliphatic rings. The molecule has 1 aromatic rings. The predicted octanol–water partition coefficient (Wildman–Crippen LogP) is 3.40. The first-order chi connectivity index (χ1) is 7.18. The molecule has 0 saturated carbocycles. The molecular weight excluding hydrogens is 188 g/mol. The molecule has 86 valence electrons. The SMILES string of the molecule is CC.CC.CC(=O)Nc1cc(C)ccn1. The number of aryl methyl sites for hydroxylation is 1. The number of hydrogen-bond acceptors (Lipinski definition) is 2. The highest BCUT2D eigenvalue weighted by Gasteiger charge is 1.94. The van der Waals surface area contributed by atoms with Gasteiger partial charge in [0.2, 0.25) is 5.91 Å². The van der Waals surface area contributed by atoms with Gasteiger partial charge in [0.25, 0.3) is 0 Å². The van der Waals surface area contributed by atoms with Gasteiger partial charge in [-0.3, -0.25) is 4.79 Å². The molecule has 3 nitrogen and oxygen atoms in total. The zero-order chi connectivity index (χ0) is 12.3. The van der Waals surface area contributed by atoms with Crippen LogP contribution in [0.3, 0.4) is 0 Å². The molecule has 1 N–H and O–H groups in total. The summed E-state index contributed by atoms with van der Waals surface area (Å²) in [5.41, 5.74) is 1.09. The minimum atomic E-state index is -0.0944. The Morgan fingerprint density at radius 1 is 1.27 bits per heavy atom. The summed E-state index contributed by atoms with van der Waals surface area (Å²) in [4.78, 5) is 14.5. The summed E-state index contributed by atoms with van der Waals surface area (Å²) in [7, 11) is 0. The molecular formula is C12H22N2O. The van der Waals surface area contributed by atoms with E-state index < -0.39 is 0 Å². The first kappa shape index (κ1) is 16.1. The van der Waals surface area contributed by atoms with Crippen molar-refractivity contribution in [1.29, 1.82) is 0 Å². The molecule has 0 radical (unpaired) electrons. The van der Waals surface area contributed by atoms with Gasteiger partial charge in [0, 0.05) is 13.1 Å². The van der Waals surface area contributed by atoms with Crippen molar-refractivity contribution in [2.24, 2.45) is 0 Å². The minimum absolute atomic E-state index is 0.0944. The van der Waals surface area contributed by atoms with Crippen LogP contribution in [0.5, 0.6) is 0 Å². The topological polar surface area (TPSA) is 42.0 Å². The van der Waals surface area contributed by atoms with E-state index in [-0.39, 0.29) is 5.91 Å². The Hall–Kier alpha value is -1.38. The van der Waals surface area contributed by atoms with E-state index in [1.807, 2.05) is 46.8 Å². The van der Waals surface area contributed by atoms with E-state index in [1.54, 1.807) is 6.20 Å². The van der Waals surface area contributed by atoms with Crippen LogP contribution in [-0.4, -0.2) is 10.9 Å². The van der Waals surface area contributed by atoms with Crippen molar-refractivity contribution in [3.05, 3.63) is 23.9 Å². The van der Waals surface area contributed by atoms with E-state index in [9.17, 15) is 4.79 Å². The number of rotatable bonds is 1. The van der Waals surface area contributed by atoms with Crippen molar-refractivity contribution in [2.75, 3.05) is 5.32 Å². The Morgan fingerprint density at radius 2 is 1.80 bits per heavy atom. The zero-order valence-corrected chi connectivity index (χ0v) is 10.6. The van der Waals surface area contributed by atoms with Gasteiger partial charge in [-0.1, -0.05) is 27.7 Å². The average molecular weight is 210 g/mol. The van der Waals surface area contributed by atoms with Gasteiger partial charge in [-0.05, 0) is 24.6 Å². The summed E-state index contributed by atoms with van der Waals surface area (Å²) in [6, 6.07) is 3.70. The highest BCUT2D eigenvalue weighted by Crippen LogP contribution is 2.04.